The Balaban J connectivity index is 2.24. The largest absolute Gasteiger partial charge is 0.285 e. The van der Waals surface area contributed by atoms with E-state index in [9.17, 15) is 0 Å². The number of anilines is 2. The van der Waals surface area contributed by atoms with E-state index in [1.807, 2.05) is 11.9 Å². The smallest absolute Gasteiger partial charge is 0.0525 e. The first-order chi connectivity index (χ1) is 8.77. The Morgan fingerprint density at radius 1 is 0.833 bits per heavy atom. The van der Waals surface area contributed by atoms with Gasteiger partial charge in [-0.1, -0.05) is 50.2 Å². The number of hydrogen-bond acceptors (Lipinski definition) is 2. The molecule has 0 aliphatic carbocycles. The Morgan fingerprint density at radius 3 is 1.67 bits per heavy atom. The summed E-state index contributed by atoms with van der Waals surface area (Å²) in [6.45, 7) is 4.50. The number of rotatable bonds is 5. The van der Waals surface area contributed by atoms with E-state index in [2.05, 4.69) is 78.8 Å². The van der Waals surface area contributed by atoms with Crippen molar-refractivity contribution in [3.05, 3.63) is 60.7 Å². The highest BCUT2D eigenvalue weighted by molar-refractivity contribution is 8.00. The van der Waals surface area contributed by atoms with Crippen molar-refractivity contribution < 1.29 is 0 Å². The topological polar surface area (TPSA) is 3.24 Å². The molecule has 2 aromatic carbocycles. The van der Waals surface area contributed by atoms with Gasteiger partial charge in [0.05, 0.1) is 11.4 Å². The summed E-state index contributed by atoms with van der Waals surface area (Å²) in [6, 6.07) is 21.1. The van der Waals surface area contributed by atoms with E-state index < -0.39 is 0 Å². The van der Waals surface area contributed by atoms with Crippen LogP contribution in [-0.2, 0) is 0 Å². The van der Waals surface area contributed by atoms with Gasteiger partial charge in [-0.3, -0.25) is 4.31 Å². The standard InChI is InChI=1S/C16H19NS/c1-14(2)13-18-17(15-9-5-3-6-10-15)16-11-7-4-8-12-16/h3-12,14H,13H2,1-2H3. The van der Waals surface area contributed by atoms with Gasteiger partial charge in [-0.2, -0.15) is 0 Å². The lowest BCUT2D eigenvalue weighted by Gasteiger charge is -2.24. The summed E-state index contributed by atoms with van der Waals surface area (Å²) in [5, 5.41) is 0. The van der Waals surface area contributed by atoms with Crippen molar-refractivity contribution in [2.75, 3.05) is 10.1 Å². The van der Waals surface area contributed by atoms with Crippen LogP contribution in [0.4, 0.5) is 11.4 Å². The third-order valence-electron chi connectivity index (χ3n) is 2.52. The third-order valence-corrected chi connectivity index (χ3v) is 4.01. The number of hydrogen-bond donors (Lipinski definition) is 0. The maximum atomic E-state index is 2.31. The zero-order chi connectivity index (χ0) is 12.8. The molecule has 0 amide bonds. The van der Waals surface area contributed by atoms with Crippen molar-refractivity contribution >= 4 is 23.3 Å². The molecule has 18 heavy (non-hydrogen) atoms. The van der Waals surface area contributed by atoms with Gasteiger partial charge in [-0.15, -0.1) is 0 Å². The molecule has 0 spiro atoms. The zero-order valence-corrected chi connectivity index (χ0v) is 11.7. The van der Waals surface area contributed by atoms with Gasteiger partial charge in [0.2, 0.25) is 0 Å². The van der Waals surface area contributed by atoms with Crippen molar-refractivity contribution in [3.63, 3.8) is 0 Å². The third kappa shape index (κ3) is 3.54. The molecule has 0 bridgehead atoms. The maximum Gasteiger partial charge on any atom is 0.0525 e. The molecule has 0 N–H and O–H groups in total. The molecule has 0 fully saturated rings. The quantitative estimate of drug-likeness (QED) is 0.683. The van der Waals surface area contributed by atoms with Gasteiger partial charge >= 0.3 is 0 Å². The molecule has 1 nitrogen and oxygen atoms in total. The fourth-order valence-corrected chi connectivity index (χ4v) is 2.64. The van der Waals surface area contributed by atoms with E-state index in [-0.39, 0.29) is 0 Å². The summed E-state index contributed by atoms with van der Waals surface area (Å²) < 4.78 is 2.31. The van der Waals surface area contributed by atoms with Crippen LogP contribution < -0.4 is 4.31 Å². The monoisotopic (exact) mass is 257 g/mol. The highest BCUT2D eigenvalue weighted by Gasteiger charge is 2.10. The van der Waals surface area contributed by atoms with E-state index >= 15 is 0 Å². The van der Waals surface area contributed by atoms with Gasteiger partial charge in [0.15, 0.2) is 0 Å². The molecule has 0 radical (unpaired) electrons. The van der Waals surface area contributed by atoms with E-state index in [0.29, 0.717) is 5.92 Å². The lowest BCUT2D eigenvalue weighted by atomic mass is 10.3. The van der Waals surface area contributed by atoms with Gasteiger partial charge in [0, 0.05) is 5.75 Å². The Kier molecular flexibility index (Phi) is 4.71. The molecule has 2 rings (SSSR count). The van der Waals surface area contributed by atoms with Crippen LogP contribution in [0.3, 0.4) is 0 Å². The molecule has 0 saturated carbocycles. The molecular formula is C16H19NS. The van der Waals surface area contributed by atoms with Crippen LogP contribution in [-0.4, -0.2) is 5.75 Å². The number of benzene rings is 2. The van der Waals surface area contributed by atoms with Crippen molar-refractivity contribution in [2.45, 2.75) is 13.8 Å². The minimum Gasteiger partial charge on any atom is -0.285 e. The Bertz CT molecular complexity index is 414. The summed E-state index contributed by atoms with van der Waals surface area (Å²) in [6.07, 6.45) is 0. The fraction of sp³-hybridized carbons (Fsp3) is 0.250. The zero-order valence-electron chi connectivity index (χ0n) is 10.9. The van der Waals surface area contributed by atoms with Gasteiger partial charge in [-0.25, -0.2) is 0 Å². The molecular weight excluding hydrogens is 238 g/mol. The molecule has 0 atom stereocenters. The van der Waals surface area contributed by atoms with E-state index in [0.717, 1.165) is 5.75 Å². The van der Waals surface area contributed by atoms with Gasteiger partial charge < -0.3 is 0 Å². The molecule has 0 heterocycles. The SMILES string of the molecule is CC(C)CSN(c1ccccc1)c1ccccc1. The second-order valence-corrected chi connectivity index (χ2v) is 5.61. The van der Waals surface area contributed by atoms with Crippen LogP contribution in [0.25, 0.3) is 0 Å². The minimum atomic E-state index is 0.685. The fourth-order valence-electron chi connectivity index (χ4n) is 1.65. The first-order valence-corrected chi connectivity index (χ1v) is 7.25. The van der Waals surface area contributed by atoms with Crippen molar-refractivity contribution in [3.8, 4) is 0 Å². The summed E-state index contributed by atoms with van der Waals surface area (Å²) in [5.41, 5.74) is 2.46. The summed E-state index contributed by atoms with van der Waals surface area (Å²) in [4.78, 5) is 0. The Morgan fingerprint density at radius 2 is 1.28 bits per heavy atom. The highest BCUT2D eigenvalue weighted by Crippen LogP contribution is 2.32. The first kappa shape index (κ1) is 13.0. The molecule has 94 valence electrons. The van der Waals surface area contributed by atoms with E-state index in [4.69, 9.17) is 0 Å². The molecule has 2 heteroatoms. The van der Waals surface area contributed by atoms with Crippen LogP contribution >= 0.6 is 11.9 Å². The van der Waals surface area contributed by atoms with E-state index in [1.165, 1.54) is 11.4 Å². The molecule has 0 aromatic heterocycles. The average molecular weight is 257 g/mol. The predicted octanol–water partition coefficient (Wildman–Crippen LogP) is 5.13. The average Bonchev–Trinajstić information content (AvgIpc) is 2.41. The second kappa shape index (κ2) is 6.50. The molecule has 0 aliphatic rings. The summed E-state index contributed by atoms with van der Waals surface area (Å²) in [5.74, 6) is 1.80. The minimum absolute atomic E-state index is 0.685. The predicted molar refractivity (Wildman–Crippen MR) is 82.3 cm³/mol. The second-order valence-electron chi connectivity index (χ2n) is 4.66. The van der Waals surface area contributed by atoms with Crippen molar-refractivity contribution in [2.24, 2.45) is 5.92 Å². The lowest BCUT2D eigenvalue weighted by molar-refractivity contribution is 0.750. The molecule has 0 saturated heterocycles. The summed E-state index contributed by atoms with van der Waals surface area (Å²) in [7, 11) is 0. The van der Waals surface area contributed by atoms with Crippen LogP contribution in [0.2, 0.25) is 0 Å². The van der Waals surface area contributed by atoms with Crippen LogP contribution in [0.15, 0.2) is 60.7 Å². The van der Waals surface area contributed by atoms with E-state index in [1.54, 1.807) is 0 Å². The van der Waals surface area contributed by atoms with Gasteiger partial charge in [0.1, 0.15) is 0 Å². The molecule has 0 aliphatic heterocycles. The van der Waals surface area contributed by atoms with Crippen molar-refractivity contribution in [1.82, 2.24) is 0 Å². The number of para-hydroxylation sites is 2. The normalized spacial score (nSPS) is 10.6. The van der Waals surface area contributed by atoms with Crippen molar-refractivity contribution in [1.29, 1.82) is 0 Å². The number of nitrogens with zero attached hydrogens (tertiary/aromatic N) is 1. The van der Waals surface area contributed by atoms with Gasteiger partial charge in [-0.05, 0) is 42.1 Å². The van der Waals surface area contributed by atoms with Crippen LogP contribution in [0, 0.1) is 5.92 Å². The Hall–Kier alpha value is -1.41. The Labute approximate surface area is 114 Å². The van der Waals surface area contributed by atoms with Crippen LogP contribution in [0.5, 0.6) is 0 Å². The van der Waals surface area contributed by atoms with Crippen LogP contribution in [0.1, 0.15) is 13.8 Å². The summed E-state index contributed by atoms with van der Waals surface area (Å²) >= 11 is 1.87. The highest BCUT2D eigenvalue weighted by atomic mass is 32.2. The lowest BCUT2D eigenvalue weighted by Crippen LogP contribution is -2.09. The maximum absolute atomic E-state index is 2.31. The molecule has 0 unspecified atom stereocenters. The first-order valence-electron chi connectivity index (χ1n) is 6.30. The van der Waals surface area contributed by atoms with Gasteiger partial charge in [0.25, 0.3) is 0 Å². The molecule has 2 aromatic rings.